The molecule has 1 aromatic carbocycles. The van der Waals surface area contributed by atoms with Crippen LogP contribution in [0, 0.1) is 12.7 Å². The molecule has 122 valence electrons. The summed E-state index contributed by atoms with van der Waals surface area (Å²) in [7, 11) is 0. The van der Waals surface area contributed by atoms with E-state index >= 15 is 0 Å². The third kappa shape index (κ3) is 3.56. The molecule has 5 nitrogen and oxygen atoms in total. The lowest BCUT2D eigenvalue weighted by Gasteiger charge is -2.21. The number of hydrogen-bond donors (Lipinski definition) is 2. The van der Waals surface area contributed by atoms with E-state index in [-0.39, 0.29) is 24.0 Å². The molecule has 2 aromatic rings. The van der Waals surface area contributed by atoms with Crippen LogP contribution in [-0.4, -0.2) is 44.4 Å². The minimum Gasteiger partial charge on any atom is -0.387 e. The Hall–Kier alpha value is -1.86. The molecule has 1 aliphatic heterocycles. The summed E-state index contributed by atoms with van der Waals surface area (Å²) in [5, 5.41) is 17.2. The molecule has 23 heavy (non-hydrogen) atoms. The van der Waals surface area contributed by atoms with Gasteiger partial charge in [0.25, 0.3) is 5.91 Å². The fraction of sp³-hybridized carbons (Fsp3) is 0.375. The van der Waals surface area contributed by atoms with Crippen LogP contribution in [0.1, 0.15) is 22.6 Å². The fourth-order valence-corrected chi connectivity index (χ4v) is 3.82. The summed E-state index contributed by atoms with van der Waals surface area (Å²) in [5.74, 6) is 0.835. The van der Waals surface area contributed by atoms with Crippen molar-refractivity contribution in [1.29, 1.82) is 0 Å². The second kappa shape index (κ2) is 6.33. The Labute approximate surface area is 137 Å². The first kappa shape index (κ1) is 16.0. The van der Waals surface area contributed by atoms with Gasteiger partial charge in [0.15, 0.2) is 5.69 Å². The molecule has 1 unspecified atom stereocenters. The molecular formula is C16H18FN3O2S. The van der Waals surface area contributed by atoms with E-state index in [9.17, 15) is 14.3 Å². The second-order valence-corrected chi connectivity index (χ2v) is 6.88. The van der Waals surface area contributed by atoms with Crippen molar-refractivity contribution in [3.05, 3.63) is 47.5 Å². The largest absolute Gasteiger partial charge is 0.387 e. The maximum Gasteiger partial charge on any atom is 0.271 e. The number of rotatable bonds is 4. The molecule has 0 bridgehead atoms. The molecule has 0 radical (unpaired) electrons. The van der Waals surface area contributed by atoms with Crippen molar-refractivity contribution < 1.29 is 14.3 Å². The van der Waals surface area contributed by atoms with Gasteiger partial charge < -0.3 is 10.4 Å². The number of thioether (sulfide) groups is 1. The number of aryl methyl sites for hydroxylation is 1. The van der Waals surface area contributed by atoms with Crippen LogP contribution >= 0.6 is 11.8 Å². The molecule has 0 saturated carbocycles. The van der Waals surface area contributed by atoms with Crippen molar-refractivity contribution in [2.24, 2.45) is 0 Å². The third-order valence-corrected chi connectivity index (χ3v) is 5.07. The standard InChI is InChI=1S/C16H18FN3O2S/c1-11-7-14(15(21)18-9-16(22)5-6-23-10-16)19-20(11)13-4-2-3-12(17)8-13/h2-4,7-8,22H,5-6,9-10H2,1H3,(H,18,21). The predicted molar refractivity (Wildman–Crippen MR) is 87.5 cm³/mol. The first-order chi connectivity index (χ1) is 11.0. The van der Waals surface area contributed by atoms with Gasteiger partial charge in [-0.2, -0.15) is 16.9 Å². The van der Waals surface area contributed by atoms with Crippen LogP contribution in [0.5, 0.6) is 0 Å². The summed E-state index contributed by atoms with van der Waals surface area (Å²) >= 11 is 1.68. The van der Waals surface area contributed by atoms with E-state index in [1.165, 1.54) is 16.8 Å². The van der Waals surface area contributed by atoms with Gasteiger partial charge in [0.2, 0.25) is 0 Å². The highest BCUT2D eigenvalue weighted by Crippen LogP contribution is 2.27. The van der Waals surface area contributed by atoms with Crippen LogP contribution in [0.2, 0.25) is 0 Å². The Morgan fingerprint density at radius 2 is 2.35 bits per heavy atom. The van der Waals surface area contributed by atoms with Gasteiger partial charge in [0.05, 0.1) is 11.3 Å². The van der Waals surface area contributed by atoms with Crippen LogP contribution < -0.4 is 5.32 Å². The average Bonchev–Trinajstić information content (AvgIpc) is 3.12. The van der Waals surface area contributed by atoms with Crippen LogP contribution in [-0.2, 0) is 0 Å². The zero-order valence-electron chi connectivity index (χ0n) is 12.8. The molecule has 3 rings (SSSR count). The van der Waals surface area contributed by atoms with Crippen LogP contribution in [0.15, 0.2) is 30.3 Å². The van der Waals surface area contributed by atoms with E-state index in [1.807, 2.05) is 0 Å². The maximum absolute atomic E-state index is 13.3. The smallest absolute Gasteiger partial charge is 0.271 e. The lowest BCUT2D eigenvalue weighted by Crippen LogP contribution is -2.43. The van der Waals surface area contributed by atoms with Crippen molar-refractivity contribution in [3.63, 3.8) is 0 Å². The Morgan fingerprint density at radius 1 is 1.52 bits per heavy atom. The lowest BCUT2D eigenvalue weighted by molar-refractivity contribution is 0.0610. The van der Waals surface area contributed by atoms with Crippen molar-refractivity contribution >= 4 is 17.7 Å². The van der Waals surface area contributed by atoms with Crippen LogP contribution in [0.25, 0.3) is 5.69 Å². The number of halogens is 1. The molecule has 0 spiro atoms. The Balaban J connectivity index is 1.73. The molecule has 1 saturated heterocycles. The number of benzene rings is 1. The normalized spacial score (nSPS) is 20.7. The van der Waals surface area contributed by atoms with E-state index in [0.717, 1.165) is 11.4 Å². The molecule has 0 aliphatic carbocycles. The monoisotopic (exact) mass is 335 g/mol. The Morgan fingerprint density at radius 3 is 3.04 bits per heavy atom. The zero-order chi connectivity index (χ0) is 16.4. The summed E-state index contributed by atoms with van der Waals surface area (Å²) in [6.45, 7) is 2.01. The number of aliphatic hydroxyl groups is 1. The topological polar surface area (TPSA) is 67.2 Å². The summed E-state index contributed by atoms with van der Waals surface area (Å²) in [4.78, 5) is 12.2. The van der Waals surface area contributed by atoms with Crippen molar-refractivity contribution in [3.8, 4) is 5.69 Å². The molecule has 7 heteroatoms. The van der Waals surface area contributed by atoms with E-state index in [1.54, 1.807) is 36.9 Å². The van der Waals surface area contributed by atoms with E-state index in [0.29, 0.717) is 17.9 Å². The van der Waals surface area contributed by atoms with Gasteiger partial charge in [-0.1, -0.05) is 6.07 Å². The molecular weight excluding hydrogens is 317 g/mol. The van der Waals surface area contributed by atoms with Crippen LogP contribution in [0.4, 0.5) is 4.39 Å². The minimum atomic E-state index is -0.833. The number of amides is 1. The first-order valence-corrected chi connectivity index (χ1v) is 8.53. The summed E-state index contributed by atoms with van der Waals surface area (Å²) < 4.78 is 14.9. The molecule has 1 amide bonds. The number of nitrogens with one attached hydrogen (secondary N) is 1. The average molecular weight is 335 g/mol. The molecule has 2 N–H and O–H groups in total. The highest BCUT2D eigenvalue weighted by atomic mass is 32.2. The first-order valence-electron chi connectivity index (χ1n) is 7.38. The van der Waals surface area contributed by atoms with Crippen molar-refractivity contribution in [2.75, 3.05) is 18.1 Å². The van der Waals surface area contributed by atoms with Gasteiger partial charge in [0.1, 0.15) is 5.82 Å². The number of aromatic nitrogens is 2. The molecule has 1 aromatic heterocycles. The summed E-state index contributed by atoms with van der Waals surface area (Å²) in [6.07, 6.45) is 0.675. The van der Waals surface area contributed by atoms with Gasteiger partial charge >= 0.3 is 0 Å². The van der Waals surface area contributed by atoms with Crippen molar-refractivity contribution in [1.82, 2.24) is 15.1 Å². The van der Waals surface area contributed by atoms with Gasteiger partial charge in [0, 0.05) is 18.0 Å². The van der Waals surface area contributed by atoms with E-state index in [4.69, 9.17) is 0 Å². The summed E-state index contributed by atoms with van der Waals surface area (Å²) in [5.41, 5.74) is 0.713. The van der Waals surface area contributed by atoms with Crippen molar-refractivity contribution in [2.45, 2.75) is 18.9 Å². The molecule has 1 aliphatic rings. The SMILES string of the molecule is Cc1cc(C(=O)NCC2(O)CCSC2)nn1-c1cccc(F)c1. The molecule has 1 atom stereocenters. The van der Waals surface area contributed by atoms with Gasteiger partial charge in [-0.15, -0.1) is 0 Å². The highest BCUT2D eigenvalue weighted by molar-refractivity contribution is 7.99. The highest BCUT2D eigenvalue weighted by Gasteiger charge is 2.32. The van der Waals surface area contributed by atoms with E-state index in [2.05, 4.69) is 10.4 Å². The van der Waals surface area contributed by atoms with E-state index < -0.39 is 5.60 Å². The van der Waals surface area contributed by atoms with Gasteiger partial charge in [-0.3, -0.25) is 4.79 Å². The number of carbonyl (C=O) groups excluding carboxylic acids is 1. The quantitative estimate of drug-likeness (QED) is 0.896. The summed E-state index contributed by atoms with van der Waals surface area (Å²) in [6, 6.07) is 7.69. The van der Waals surface area contributed by atoms with Crippen LogP contribution in [0.3, 0.4) is 0 Å². The van der Waals surface area contributed by atoms with Gasteiger partial charge in [-0.25, -0.2) is 9.07 Å². The minimum absolute atomic E-state index is 0.213. The lowest BCUT2D eigenvalue weighted by atomic mass is 10.0. The fourth-order valence-electron chi connectivity index (χ4n) is 2.53. The second-order valence-electron chi connectivity index (χ2n) is 5.77. The number of nitrogens with zero attached hydrogens (tertiary/aromatic N) is 2. The maximum atomic E-state index is 13.3. The Bertz CT molecular complexity index is 726. The molecule has 1 fully saturated rings. The third-order valence-electron chi connectivity index (χ3n) is 3.83. The number of hydrogen-bond acceptors (Lipinski definition) is 4. The molecule has 2 heterocycles. The predicted octanol–water partition coefficient (Wildman–Crippen LogP) is 1.92. The zero-order valence-corrected chi connectivity index (χ0v) is 13.6. The number of carbonyl (C=O) groups is 1. The Kier molecular flexibility index (Phi) is 4.41. The van der Waals surface area contributed by atoms with Gasteiger partial charge in [-0.05, 0) is 43.4 Å².